The van der Waals surface area contributed by atoms with Crippen LogP contribution in [0.15, 0.2) is 220 Å². The van der Waals surface area contributed by atoms with Gasteiger partial charge in [-0.15, -0.1) is 0 Å². The normalized spacial score (nSPS) is 15.2. The van der Waals surface area contributed by atoms with Crippen LogP contribution < -0.4 is 4.74 Å². The van der Waals surface area contributed by atoms with Gasteiger partial charge in [-0.3, -0.25) is 0 Å². The zero-order valence-corrected chi connectivity index (χ0v) is 40.0. The van der Waals surface area contributed by atoms with Crippen LogP contribution in [0.2, 0.25) is 0 Å². The molecule has 0 N–H and O–H groups in total. The number of rotatable bonds is 4. The van der Waals surface area contributed by atoms with E-state index in [1.54, 1.807) is 0 Å². The maximum atomic E-state index is 6.75. The summed E-state index contributed by atoms with van der Waals surface area (Å²) >= 11 is 0. The fourth-order valence-electron chi connectivity index (χ4n) is 13.0. The molecule has 1 unspecified atom stereocenters. The van der Waals surface area contributed by atoms with Crippen LogP contribution in [0, 0.1) is 0 Å². The molecule has 1 aliphatic heterocycles. The Morgan fingerprint density at radius 2 is 1.09 bits per heavy atom. The molecule has 346 valence electrons. The van der Waals surface area contributed by atoms with Crippen molar-refractivity contribution in [3.8, 4) is 39.1 Å². The van der Waals surface area contributed by atoms with Gasteiger partial charge in [-0.1, -0.05) is 140 Å². The number of ether oxygens (including phenoxy) is 1. The van der Waals surface area contributed by atoms with Crippen molar-refractivity contribution in [3.63, 3.8) is 0 Å². The highest BCUT2D eigenvalue weighted by molar-refractivity contribution is 6.25. The highest BCUT2D eigenvalue weighted by atomic mass is 16.5. The molecule has 3 aromatic heterocycles. The molecule has 17 rings (SSSR count). The lowest BCUT2D eigenvalue weighted by molar-refractivity contribution is 0.278. The lowest BCUT2D eigenvalue weighted by Gasteiger charge is -2.20. The van der Waals surface area contributed by atoms with E-state index in [0.717, 1.165) is 91.4 Å². The van der Waals surface area contributed by atoms with Crippen LogP contribution in [0.25, 0.3) is 149 Å². The summed E-state index contributed by atoms with van der Waals surface area (Å²) in [4.78, 5) is 0. The van der Waals surface area contributed by atoms with Crippen LogP contribution in [0.5, 0.6) is 5.75 Å². The van der Waals surface area contributed by atoms with Crippen molar-refractivity contribution >= 4 is 115 Å². The number of furan rings is 3. The molecule has 0 saturated heterocycles. The lowest BCUT2D eigenvalue weighted by Crippen LogP contribution is -2.13. The third kappa shape index (κ3) is 5.73. The number of hydrogen-bond acceptors (Lipinski definition) is 4. The van der Waals surface area contributed by atoms with Gasteiger partial charge in [-0.05, 0) is 173 Å². The number of fused-ring (bicyclic) bond motifs is 18. The molecule has 2 aliphatic carbocycles. The van der Waals surface area contributed by atoms with Crippen molar-refractivity contribution in [3.05, 3.63) is 229 Å². The van der Waals surface area contributed by atoms with Gasteiger partial charge in [0.15, 0.2) is 11.3 Å². The first kappa shape index (κ1) is 40.2. The average Bonchev–Trinajstić information content (AvgIpc) is 4.24. The van der Waals surface area contributed by atoms with Crippen LogP contribution in [-0.2, 0) is 6.42 Å². The Balaban J connectivity index is 0.821. The minimum absolute atomic E-state index is 0.0116. The SMILES string of the molecule is C1=Cc2oc3c4c(ccc3c2CC1)C1=CC(c2ccc3cc(-c5c6ccccc6c(-c6ccc7oc8c(ccc9oc%10ccccc%10c98)c7c6)c6cc(-c7cccc8ccccc78)ccc56)ccc3c2)=CCC1O4. The van der Waals surface area contributed by atoms with E-state index in [2.05, 4.69) is 200 Å². The summed E-state index contributed by atoms with van der Waals surface area (Å²) in [5.41, 5.74) is 17.5. The molecule has 0 radical (unpaired) electrons. The second-order valence-electron chi connectivity index (χ2n) is 20.4. The van der Waals surface area contributed by atoms with Crippen LogP contribution in [0.3, 0.4) is 0 Å². The number of hydrogen-bond donors (Lipinski definition) is 0. The predicted molar refractivity (Wildman–Crippen MR) is 306 cm³/mol. The Bertz CT molecular complexity index is 4910. The third-order valence-corrected chi connectivity index (χ3v) is 16.4. The second kappa shape index (κ2) is 15.1. The lowest BCUT2D eigenvalue weighted by atomic mass is 9.84. The van der Waals surface area contributed by atoms with E-state index in [-0.39, 0.29) is 6.10 Å². The number of allylic oxidation sites excluding steroid dienone is 3. The Kier molecular flexibility index (Phi) is 8.20. The maximum Gasteiger partial charge on any atom is 0.177 e. The Labute approximate surface area is 424 Å². The largest absolute Gasteiger partial charge is 0.481 e. The molecule has 14 aromatic rings. The molecular formula is C70H42O4. The quantitative estimate of drug-likeness (QED) is 0.165. The van der Waals surface area contributed by atoms with Gasteiger partial charge in [0.2, 0.25) is 0 Å². The molecule has 0 spiro atoms. The first-order chi connectivity index (χ1) is 36.6. The highest BCUT2D eigenvalue weighted by Gasteiger charge is 2.34. The van der Waals surface area contributed by atoms with Crippen molar-refractivity contribution in [2.24, 2.45) is 0 Å². The van der Waals surface area contributed by atoms with Gasteiger partial charge >= 0.3 is 0 Å². The van der Waals surface area contributed by atoms with E-state index in [1.165, 1.54) is 98.6 Å². The molecule has 0 fully saturated rings. The standard InChI is InChI=1S/C70H42O4/c1-2-12-47-39(10-1)11-9-17-48(47)44-24-27-52-59(37-44)66(46-26-32-62-58(38-46)54-30-33-64-67(68(54)72-62)56-16-6-8-19-61(56)71-64)51-15-4-3-14-50(51)65(52)45-23-22-40-34-41(20-21-42(40)35-45)43-25-31-63-57(36-43)55-29-28-53-49-13-5-7-18-60(49)73-69(53)70(55)74-63/h1-4,6-12,14-30,32-38,63H,5,13,31H2. The van der Waals surface area contributed by atoms with Crippen LogP contribution in [0.4, 0.5) is 0 Å². The molecule has 4 heteroatoms. The fraction of sp³-hybridized carbons (Fsp3) is 0.0571. The molecule has 0 amide bonds. The Morgan fingerprint density at radius 1 is 0.419 bits per heavy atom. The summed E-state index contributed by atoms with van der Waals surface area (Å²) in [6.45, 7) is 0. The van der Waals surface area contributed by atoms with E-state index in [9.17, 15) is 0 Å². The second-order valence-corrected chi connectivity index (χ2v) is 20.4. The average molecular weight is 947 g/mol. The van der Waals surface area contributed by atoms with E-state index in [1.807, 2.05) is 12.1 Å². The van der Waals surface area contributed by atoms with Gasteiger partial charge in [0.05, 0.1) is 5.39 Å². The summed E-state index contributed by atoms with van der Waals surface area (Å²) < 4.78 is 26.1. The predicted octanol–water partition coefficient (Wildman–Crippen LogP) is 19.4. The van der Waals surface area contributed by atoms with E-state index >= 15 is 0 Å². The number of benzene rings is 11. The molecule has 3 aliphatic rings. The zero-order chi connectivity index (χ0) is 48.2. The Hall–Kier alpha value is -9.38. The highest BCUT2D eigenvalue weighted by Crippen LogP contribution is 2.51. The van der Waals surface area contributed by atoms with Gasteiger partial charge < -0.3 is 18.0 Å². The summed E-state index contributed by atoms with van der Waals surface area (Å²) in [6, 6.07) is 69.0. The summed E-state index contributed by atoms with van der Waals surface area (Å²) in [5, 5.41) is 15.1. The van der Waals surface area contributed by atoms with Crippen LogP contribution in [0.1, 0.15) is 35.3 Å². The Morgan fingerprint density at radius 3 is 2.00 bits per heavy atom. The van der Waals surface area contributed by atoms with Crippen molar-refractivity contribution in [2.75, 3.05) is 0 Å². The van der Waals surface area contributed by atoms with E-state index in [0.29, 0.717) is 0 Å². The van der Waals surface area contributed by atoms with E-state index in [4.69, 9.17) is 18.0 Å². The molecule has 11 aromatic carbocycles. The molecule has 1 atom stereocenters. The summed E-state index contributed by atoms with van der Waals surface area (Å²) in [5.74, 6) is 1.86. The molecular weight excluding hydrogens is 905 g/mol. The minimum Gasteiger partial charge on any atom is -0.481 e. The minimum atomic E-state index is -0.0116. The van der Waals surface area contributed by atoms with Gasteiger partial charge in [0, 0.05) is 44.7 Å². The van der Waals surface area contributed by atoms with Crippen LogP contribution in [-0.4, -0.2) is 6.10 Å². The molecule has 74 heavy (non-hydrogen) atoms. The van der Waals surface area contributed by atoms with Crippen molar-refractivity contribution < 1.29 is 18.0 Å². The molecule has 0 saturated carbocycles. The van der Waals surface area contributed by atoms with Gasteiger partial charge in [0.25, 0.3) is 0 Å². The fourth-order valence-corrected chi connectivity index (χ4v) is 13.0. The topological polar surface area (TPSA) is 48.7 Å². The van der Waals surface area contributed by atoms with Crippen LogP contribution >= 0.6 is 0 Å². The summed E-state index contributed by atoms with van der Waals surface area (Å²) in [7, 11) is 0. The number of aryl methyl sites for hydroxylation is 1. The first-order valence-corrected chi connectivity index (χ1v) is 25.8. The summed E-state index contributed by atoms with van der Waals surface area (Å²) in [6.07, 6.45) is 11.8. The van der Waals surface area contributed by atoms with Gasteiger partial charge in [0.1, 0.15) is 34.2 Å². The van der Waals surface area contributed by atoms with Crippen molar-refractivity contribution in [1.82, 2.24) is 0 Å². The molecule has 4 nitrogen and oxygen atoms in total. The van der Waals surface area contributed by atoms with Gasteiger partial charge in [-0.25, -0.2) is 0 Å². The first-order valence-electron chi connectivity index (χ1n) is 25.8. The van der Waals surface area contributed by atoms with Gasteiger partial charge in [-0.2, -0.15) is 0 Å². The van der Waals surface area contributed by atoms with Crippen molar-refractivity contribution in [1.29, 1.82) is 0 Å². The third-order valence-electron chi connectivity index (χ3n) is 16.4. The smallest absolute Gasteiger partial charge is 0.177 e. The zero-order valence-electron chi connectivity index (χ0n) is 40.0. The monoisotopic (exact) mass is 946 g/mol. The molecule has 0 bridgehead atoms. The maximum absolute atomic E-state index is 6.75. The number of para-hydroxylation sites is 1. The molecule has 4 heterocycles. The van der Waals surface area contributed by atoms with Crippen molar-refractivity contribution in [2.45, 2.75) is 25.4 Å². The van der Waals surface area contributed by atoms with E-state index < -0.39 is 0 Å².